The average molecular weight is 354 g/mol. The molecule has 3 heteroatoms. The fraction of sp³-hybridized carbons (Fsp3) is 0.294. The average Bonchev–Trinajstić information content (AvgIpc) is 2.50. The van der Waals surface area contributed by atoms with Crippen LogP contribution in [0.15, 0.2) is 54.6 Å². The minimum Gasteiger partial charge on any atom is -0.494 e. The zero-order chi connectivity index (χ0) is 14.2. The molecule has 0 aromatic heterocycles. The highest BCUT2D eigenvalue weighted by atomic mass is 79.9. The molecule has 1 nitrogen and oxygen atoms in total. The molecule has 2 aromatic carbocycles. The summed E-state index contributed by atoms with van der Waals surface area (Å²) >= 11 is 9.52. The smallest absolute Gasteiger partial charge is 0.119 e. The Morgan fingerprint density at radius 1 is 1.00 bits per heavy atom. The molecular formula is C17H18BrClO. The van der Waals surface area contributed by atoms with E-state index in [0.717, 1.165) is 35.6 Å². The highest BCUT2D eigenvalue weighted by Crippen LogP contribution is 2.25. The normalized spacial score (nSPS) is 12.1. The molecule has 20 heavy (non-hydrogen) atoms. The lowest BCUT2D eigenvalue weighted by molar-refractivity contribution is 0.303. The van der Waals surface area contributed by atoms with Crippen LogP contribution in [0, 0.1) is 0 Å². The van der Waals surface area contributed by atoms with E-state index in [2.05, 4.69) is 28.1 Å². The van der Waals surface area contributed by atoms with E-state index in [-0.39, 0.29) is 0 Å². The van der Waals surface area contributed by atoms with Gasteiger partial charge in [0.25, 0.3) is 0 Å². The SMILES string of the molecule is Clc1ccc(C(CBr)CCCOc2ccccc2)cc1. The topological polar surface area (TPSA) is 9.23 Å². The van der Waals surface area contributed by atoms with E-state index in [1.54, 1.807) is 0 Å². The predicted octanol–water partition coefficient (Wildman–Crippen LogP) is 5.68. The molecule has 0 N–H and O–H groups in total. The number of benzene rings is 2. The standard InChI is InChI=1S/C17H18BrClO/c18-13-15(14-8-10-16(19)11-9-14)5-4-12-20-17-6-2-1-3-7-17/h1-3,6-11,15H,4-5,12-13H2. The van der Waals surface area contributed by atoms with Crippen LogP contribution >= 0.6 is 27.5 Å². The minimum absolute atomic E-state index is 0.506. The third-order valence-electron chi connectivity index (χ3n) is 3.24. The molecule has 2 aromatic rings. The Labute approximate surface area is 134 Å². The molecule has 0 heterocycles. The molecule has 0 fully saturated rings. The van der Waals surface area contributed by atoms with Gasteiger partial charge in [0, 0.05) is 10.4 Å². The van der Waals surface area contributed by atoms with Crippen LogP contribution in [0.25, 0.3) is 0 Å². The Bertz CT molecular complexity index is 498. The molecule has 2 rings (SSSR count). The third kappa shape index (κ3) is 4.84. The maximum Gasteiger partial charge on any atom is 0.119 e. The van der Waals surface area contributed by atoms with E-state index in [1.807, 2.05) is 42.5 Å². The van der Waals surface area contributed by atoms with Crippen molar-refractivity contribution in [3.63, 3.8) is 0 Å². The molecule has 0 aliphatic carbocycles. The summed E-state index contributed by atoms with van der Waals surface area (Å²) in [5, 5.41) is 1.74. The van der Waals surface area contributed by atoms with Gasteiger partial charge in [-0.3, -0.25) is 0 Å². The summed E-state index contributed by atoms with van der Waals surface area (Å²) in [6.07, 6.45) is 2.13. The first-order valence-corrected chi connectivity index (χ1v) is 8.29. The largest absolute Gasteiger partial charge is 0.494 e. The lowest BCUT2D eigenvalue weighted by Crippen LogP contribution is -2.04. The van der Waals surface area contributed by atoms with Gasteiger partial charge in [-0.2, -0.15) is 0 Å². The summed E-state index contributed by atoms with van der Waals surface area (Å²) in [5.41, 5.74) is 1.32. The second kappa shape index (κ2) is 8.33. The highest BCUT2D eigenvalue weighted by molar-refractivity contribution is 9.09. The van der Waals surface area contributed by atoms with Crippen molar-refractivity contribution in [2.45, 2.75) is 18.8 Å². The van der Waals surface area contributed by atoms with E-state index < -0.39 is 0 Å². The Morgan fingerprint density at radius 2 is 1.70 bits per heavy atom. The molecule has 1 unspecified atom stereocenters. The van der Waals surface area contributed by atoms with Crippen LogP contribution in [0.5, 0.6) is 5.75 Å². The van der Waals surface area contributed by atoms with Gasteiger partial charge in [-0.25, -0.2) is 0 Å². The number of hydrogen-bond acceptors (Lipinski definition) is 1. The second-order valence-electron chi connectivity index (χ2n) is 4.71. The zero-order valence-corrected chi connectivity index (χ0v) is 13.6. The molecule has 106 valence electrons. The van der Waals surface area contributed by atoms with Crippen molar-refractivity contribution in [1.29, 1.82) is 0 Å². The molecule has 0 aliphatic heterocycles. The summed E-state index contributed by atoms with van der Waals surface area (Å²) in [4.78, 5) is 0. The zero-order valence-electron chi connectivity index (χ0n) is 11.3. The minimum atomic E-state index is 0.506. The Morgan fingerprint density at radius 3 is 2.35 bits per heavy atom. The summed E-state index contributed by atoms with van der Waals surface area (Å²) in [6, 6.07) is 18.1. The van der Waals surface area contributed by atoms with Crippen LogP contribution in [-0.2, 0) is 0 Å². The van der Waals surface area contributed by atoms with E-state index in [0.29, 0.717) is 5.92 Å². The van der Waals surface area contributed by atoms with E-state index in [1.165, 1.54) is 5.56 Å². The second-order valence-corrected chi connectivity index (χ2v) is 5.79. The van der Waals surface area contributed by atoms with Gasteiger partial charge in [0.05, 0.1) is 6.61 Å². The van der Waals surface area contributed by atoms with Gasteiger partial charge in [0.2, 0.25) is 0 Å². The molecule has 0 aliphatic rings. The Hall–Kier alpha value is -0.990. The van der Waals surface area contributed by atoms with Crippen LogP contribution in [-0.4, -0.2) is 11.9 Å². The van der Waals surface area contributed by atoms with Gasteiger partial charge < -0.3 is 4.74 Å². The Balaban J connectivity index is 1.78. The van der Waals surface area contributed by atoms with Crippen LogP contribution in [0.2, 0.25) is 5.02 Å². The van der Waals surface area contributed by atoms with Gasteiger partial charge in [0.1, 0.15) is 5.75 Å². The molecule has 0 bridgehead atoms. The molecule has 0 saturated carbocycles. The first-order valence-electron chi connectivity index (χ1n) is 6.79. The third-order valence-corrected chi connectivity index (χ3v) is 4.27. The van der Waals surface area contributed by atoms with E-state index in [4.69, 9.17) is 16.3 Å². The number of halogens is 2. The van der Waals surface area contributed by atoms with Crippen molar-refractivity contribution in [2.24, 2.45) is 0 Å². The summed E-state index contributed by atoms with van der Waals surface area (Å²) in [6.45, 7) is 0.751. The monoisotopic (exact) mass is 352 g/mol. The number of ether oxygens (including phenoxy) is 1. The van der Waals surface area contributed by atoms with Crippen molar-refractivity contribution in [3.8, 4) is 5.75 Å². The van der Waals surface area contributed by atoms with Crippen LogP contribution in [0.3, 0.4) is 0 Å². The van der Waals surface area contributed by atoms with E-state index >= 15 is 0 Å². The molecule has 0 spiro atoms. The molecule has 0 amide bonds. The first kappa shape index (κ1) is 15.4. The fourth-order valence-electron chi connectivity index (χ4n) is 2.10. The highest BCUT2D eigenvalue weighted by Gasteiger charge is 2.09. The van der Waals surface area contributed by atoms with Gasteiger partial charge in [0.15, 0.2) is 0 Å². The molecular weight excluding hydrogens is 336 g/mol. The molecule has 0 saturated heterocycles. The Kier molecular flexibility index (Phi) is 6.41. The maximum atomic E-state index is 5.92. The van der Waals surface area contributed by atoms with E-state index in [9.17, 15) is 0 Å². The van der Waals surface area contributed by atoms with Gasteiger partial charge in [-0.15, -0.1) is 0 Å². The quantitative estimate of drug-likeness (QED) is 0.460. The van der Waals surface area contributed by atoms with Crippen molar-refractivity contribution >= 4 is 27.5 Å². The van der Waals surface area contributed by atoms with Crippen LogP contribution in [0.1, 0.15) is 24.3 Å². The molecule has 1 atom stereocenters. The summed E-state index contributed by atoms with van der Waals surface area (Å²) in [5.74, 6) is 1.45. The van der Waals surface area contributed by atoms with Crippen molar-refractivity contribution in [2.75, 3.05) is 11.9 Å². The maximum absolute atomic E-state index is 5.92. The number of para-hydroxylation sites is 1. The van der Waals surface area contributed by atoms with Crippen molar-refractivity contribution < 1.29 is 4.74 Å². The predicted molar refractivity (Wildman–Crippen MR) is 89.2 cm³/mol. The van der Waals surface area contributed by atoms with Gasteiger partial charge >= 0.3 is 0 Å². The molecule has 0 radical (unpaired) electrons. The van der Waals surface area contributed by atoms with Crippen LogP contribution in [0.4, 0.5) is 0 Å². The lowest BCUT2D eigenvalue weighted by atomic mass is 9.96. The summed E-state index contributed by atoms with van der Waals surface area (Å²) in [7, 11) is 0. The summed E-state index contributed by atoms with van der Waals surface area (Å²) < 4.78 is 5.72. The van der Waals surface area contributed by atoms with Crippen LogP contribution < -0.4 is 4.74 Å². The number of rotatable bonds is 7. The number of hydrogen-bond donors (Lipinski definition) is 0. The van der Waals surface area contributed by atoms with Crippen molar-refractivity contribution in [1.82, 2.24) is 0 Å². The first-order chi connectivity index (χ1) is 9.79. The van der Waals surface area contributed by atoms with Gasteiger partial charge in [-0.1, -0.05) is 57.9 Å². The van der Waals surface area contributed by atoms with Gasteiger partial charge in [-0.05, 0) is 48.6 Å². The van der Waals surface area contributed by atoms with Crippen molar-refractivity contribution in [3.05, 3.63) is 65.2 Å². The number of alkyl halides is 1. The lowest BCUT2D eigenvalue weighted by Gasteiger charge is -2.15. The fourth-order valence-corrected chi connectivity index (χ4v) is 2.93.